The molecule has 0 atom stereocenters. The second-order valence-electron chi connectivity index (χ2n) is 5.85. The summed E-state index contributed by atoms with van der Waals surface area (Å²) >= 11 is 0. The van der Waals surface area contributed by atoms with E-state index in [1.54, 1.807) is 35.5 Å². The molecular weight excluding hydrogens is 333 g/mol. The predicted octanol–water partition coefficient (Wildman–Crippen LogP) is 2.75. The molecule has 0 amide bonds. The fourth-order valence-corrected chi connectivity index (χ4v) is 2.75. The van der Waals surface area contributed by atoms with Crippen molar-refractivity contribution < 1.29 is 4.39 Å². The van der Waals surface area contributed by atoms with E-state index in [0.717, 1.165) is 5.69 Å². The Bertz CT molecular complexity index is 1020. The quantitative estimate of drug-likeness (QED) is 0.554. The summed E-state index contributed by atoms with van der Waals surface area (Å²) in [6.45, 7) is 3.13. The lowest BCUT2D eigenvalue weighted by atomic mass is 10.1. The van der Waals surface area contributed by atoms with E-state index in [9.17, 15) is 4.39 Å². The van der Waals surface area contributed by atoms with Gasteiger partial charge in [-0.25, -0.2) is 9.37 Å². The maximum absolute atomic E-state index is 14.7. The molecule has 0 radical (unpaired) electrons. The van der Waals surface area contributed by atoms with Crippen LogP contribution in [0, 0.1) is 12.7 Å². The molecule has 0 saturated heterocycles. The van der Waals surface area contributed by atoms with Crippen LogP contribution < -0.4 is 0 Å². The molecule has 4 aromatic rings. The van der Waals surface area contributed by atoms with Crippen LogP contribution in [0.15, 0.2) is 55.4 Å². The first-order valence-corrected chi connectivity index (χ1v) is 8.15. The van der Waals surface area contributed by atoms with Crippen molar-refractivity contribution in [3.05, 3.63) is 66.9 Å². The van der Waals surface area contributed by atoms with E-state index in [4.69, 9.17) is 0 Å². The van der Waals surface area contributed by atoms with Crippen molar-refractivity contribution in [2.24, 2.45) is 0 Å². The lowest BCUT2D eigenvalue weighted by Gasteiger charge is -2.09. The second kappa shape index (κ2) is 6.83. The molecule has 8 heteroatoms. The number of aryl methyl sites for hydroxylation is 3. The molecule has 0 aliphatic carbocycles. The Morgan fingerprint density at radius 1 is 1.08 bits per heavy atom. The number of nitrogens with zero attached hydrogens (tertiary/aromatic N) is 7. The Labute approximate surface area is 149 Å². The summed E-state index contributed by atoms with van der Waals surface area (Å²) in [5, 5.41) is 7.99. The molecule has 0 unspecified atom stereocenters. The molecular formula is C18H16FN7. The fourth-order valence-electron chi connectivity index (χ4n) is 2.75. The van der Waals surface area contributed by atoms with E-state index in [2.05, 4.69) is 25.3 Å². The van der Waals surface area contributed by atoms with Gasteiger partial charge in [0.1, 0.15) is 11.6 Å². The molecule has 0 spiro atoms. The Hall–Kier alpha value is -3.42. The summed E-state index contributed by atoms with van der Waals surface area (Å²) in [5.74, 6) is 0.224. The van der Waals surface area contributed by atoms with Crippen LogP contribution in [0.1, 0.15) is 5.69 Å². The minimum absolute atomic E-state index is 0.350. The van der Waals surface area contributed by atoms with Crippen LogP contribution >= 0.6 is 0 Å². The molecule has 0 bridgehead atoms. The maximum Gasteiger partial charge on any atom is 0.142 e. The third kappa shape index (κ3) is 3.21. The van der Waals surface area contributed by atoms with Crippen LogP contribution in [0.5, 0.6) is 0 Å². The summed E-state index contributed by atoms with van der Waals surface area (Å²) in [6.07, 6.45) is 10.1. The molecule has 0 aliphatic heterocycles. The minimum atomic E-state index is -0.350. The van der Waals surface area contributed by atoms with Crippen molar-refractivity contribution in [2.45, 2.75) is 20.0 Å². The van der Waals surface area contributed by atoms with Gasteiger partial charge in [0.05, 0.1) is 29.7 Å². The Morgan fingerprint density at radius 3 is 2.73 bits per heavy atom. The smallest absolute Gasteiger partial charge is 0.142 e. The molecule has 3 heterocycles. The lowest BCUT2D eigenvalue weighted by molar-refractivity contribution is 0.520. The van der Waals surface area contributed by atoms with E-state index >= 15 is 0 Å². The first kappa shape index (κ1) is 16.1. The average molecular weight is 349 g/mol. The largest absolute Gasteiger partial charge is 0.329 e. The van der Waals surface area contributed by atoms with Gasteiger partial charge in [0, 0.05) is 43.1 Å². The third-order valence-electron chi connectivity index (χ3n) is 4.01. The van der Waals surface area contributed by atoms with Crippen molar-refractivity contribution in [1.29, 1.82) is 0 Å². The van der Waals surface area contributed by atoms with Gasteiger partial charge in [-0.15, -0.1) is 5.10 Å². The molecule has 0 aliphatic rings. The lowest BCUT2D eigenvalue weighted by Crippen LogP contribution is -2.09. The SMILES string of the molecule is Cc1cn(CCn2ccnc2-c2ccc(-c3cnccn3)cc2F)nn1. The molecule has 130 valence electrons. The summed E-state index contributed by atoms with van der Waals surface area (Å²) in [6, 6.07) is 5.00. The van der Waals surface area contributed by atoms with E-state index in [1.807, 2.05) is 30.0 Å². The third-order valence-corrected chi connectivity index (χ3v) is 4.01. The average Bonchev–Trinajstić information content (AvgIpc) is 3.29. The highest BCUT2D eigenvalue weighted by Crippen LogP contribution is 2.26. The molecule has 7 nitrogen and oxygen atoms in total. The first-order valence-electron chi connectivity index (χ1n) is 8.15. The highest BCUT2D eigenvalue weighted by Gasteiger charge is 2.13. The molecule has 1 aromatic carbocycles. The van der Waals surface area contributed by atoms with Gasteiger partial charge in [-0.05, 0) is 19.1 Å². The van der Waals surface area contributed by atoms with Crippen molar-refractivity contribution in [2.75, 3.05) is 0 Å². The van der Waals surface area contributed by atoms with Crippen LogP contribution in [-0.2, 0) is 13.1 Å². The van der Waals surface area contributed by atoms with Gasteiger partial charge in [0.25, 0.3) is 0 Å². The zero-order valence-corrected chi connectivity index (χ0v) is 14.1. The Kier molecular flexibility index (Phi) is 4.22. The zero-order chi connectivity index (χ0) is 17.9. The van der Waals surface area contributed by atoms with Gasteiger partial charge in [0.15, 0.2) is 0 Å². The Morgan fingerprint density at radius 2 is 2.00 bits per heavy atom. The highest BCUT2D eigenvalue weighted by molar-refractivity contribution is 5.65. The van der Waals surface area contributed by atoms with Gasteiger partial charge < -0.3 is 4.57 Å². The van der Waals surface area contributed by atoms with E-state index in [-0.39, 0.29) is 5.82 Å². The number of hydrogen-bond acceptors (Lipinski definition) is 5. The molecule has 3 aromatic heterocycles. The number of hydrogen-bond donors (Lipinski definition) is 0. The van der Waals surface area contributed by atoms with Crippen molar-refractivity contribution in [3.8, 4) is 22.6 Å². The summed E-state index contributed by atoms with van der Waals surface area (Å²) in [4.78, 5) is 12.5. The second-order valence-corrected chi connectivity index (χ2v) is 5.85. The van der Waals surface area contributed by atoms with Crippen LogP contribution in [0.2, 0.25) is 0 Å². The minimum Gasteiger partial charge on any atom is -0.329 e. The van der Waals surface area contributed by atoms with Gasteiger partial charge >= 0.3 is 0 Å². The van der Waals surface area contributed by atoms with Gasteiger partial charge in [-0.3, -0.25) is 14.6 Å². The molecule has 0 N–H and O–H groups in total. The highest BCUT2D eigenvalue weighted by atomic mass is 19.1. The van der Waals surface area contributed by atoms with Crippen molar-refractivity contribution in [1.82, 2.24) is 34.5 Å². The molecule has 0 fully saturated rings. The predicted molar refractivity (Wildman–Crippen MR) is 93.4 cm³/mol. The van der Waals surface area contributed by atoms with Gasteiger partial charge in [-0.1, -0.05) is 11.3 Å². The van der Waals surface area contributed by atoms with Crippen molar-refractivity contribution in [3.63, 3.8) is 0 Å². The van der Waals surface area contributed by atoms with E-state index in [1.165, 1.54) is 6.07 Å². The maximum atomic E-state index is 14.7. The van der Waals surface area contributed by atoms with Crippen LogP contribution in [0.3, 0.4) is 0 Å². The van der Waals surface area contributed by atoms with Crippen molar-refractivity contribution >= 4 is 0 Å². The first-order chi connectivity index (χ1) is 12.7. The number of aromatic nitrogens is 7. The summed E-state index contributed by atoms with van der Waals surface area (Å²) < 4.78 is 18.4. The molecule has 4 rings (SSSR count). The van der Waals surface area contributed by atoms with Crippen LogP contribution in [0.4, 0.5) is 4.39 Å². The van der Waals surface area contributed by atoms with Crippen LogP contribution in [0.25, 0.3) is 22.6 Å². The van der Waals surface area contributed by atoms with Crippen LogP contribution in [-0.4, -0.2) is 34.5 Å². The molecule has 0 saturated carbocycles. The number of benzene rings is 1. The number of rotatable bonds is 5. The zero-order valence-electron chi connectivity index (χ0n) is 14.1. The number of halogens is 1. The fraction of sp³-hybridized carbons (Fsp3) is 0.167. The topological polar surface area (TPSA) is 74.3 Å². The van der Waals surface area contributed by atoms with E-state index < -0.39 is 0 Å². The summed E-state index contributed by atoms with van der Waals surface area (Å²) in [7, 11) is 0. The monoisotopic (exact) mass is 349 g/mol. The van der Waals surface area contributed by atoms with Gasteiger partial charge in [0.2, 0.25) is 0 Å². The van der Waals surface area contributed by atoms with E-state index in [0.29, 0.717) is 35.7 Å². The number of imidazole rings is 1. The standard InChI is InChI=1S/C18H16FN7/c1-13-12-26(24-23-13)9-8-25-7-6-22-18(25)15-3-2-14(10-16(15)19)17-11-20-4-5-21-17/h2-7,10-12H,8-9H2,1H3. The summed E-state index contributed by atoms with van der Waals surface area (Å²) in [5.41, 5.74) is 2.61. The Balaban J connectivity index is 1.59. The molecule has 26 heavy (non-hydrogen) atoms. The normalized spacial score (nSPS) is 11.0. The van der Waals surface area contributed by atoms with Gasteiger partial charge in [-0.2, -0.15) is 0 Å².